The zero-order chi connectivity index (χ0) is 8.27. The molecule has 2 heteroatoms. The van der Waals surface area contributed by atoms with Gasteiger partial charge < -0.3 is 0 Å². The molecule has 0 atom stereocenters. The van der Waals surface area contributed by atoms with Gasteiger partial charge in [0.1, 0.15) is 0 Å². The third-order valence-electron chi connectivity index (χ3n) is 1.20. The molecule has 0 aliphatic carbocycles. The van der Waals surface area contributed by atoms with Crippen molar-refractivity contribution in [2.24, 2.45) is 4.99 Å². The van der Waals surface area contributed by atoms with E-state index >= 15 is 0 Å². The summed E-state index contributed by atoms with van der Waals surface area (Å²) in [6.45, 7) is 3.97. The van der Waals surface area contributed by atoms with Crippen molar-refractivity contribution in [1.82, 2.24) is 0 Å². The molecule has 0 saturated carbocycles. The van der Waals surface area contributed by atoms with Crippen molar-refractivity contribution in [1.29, 1.82) is 0 Å². The van der Waals surface area contributed by atoms with Gasteiger partial charge in [0.2, 0.25) is 0 Å². The van der Waals surface area contributed by atoms with Gasteiger partial charge in [-0.3, -0.25) is 4.99 Å². The van der Waals surface area contributed by atoms with Crippen molar-refractivity contribution in [2.75, 3.05) is 0 Å². The van der Waals surface area contributed by atoms with Gasteiger partial charge in [-0.15, -0.1) is 0 Å². The summed E-state index contributed by atoms with van der Waals surface area (Å²) in [6, 6.07) is 7.93. The number of benzene rings is 1. The fourth-order valence-electron chi connectivity index (χ4n) is 0.783. The molecular formula is C9H10BrN. The Kier molecular flexibility index (Phi) is 2.83. The highest BCUT2D eigenvalue weighted by Crippen LogP contribution is 2.24. The molecule has 58 valence electrons. The summed E-state index contributed by atoms with van der Waals surface area (Å²) in [5, 5.41) is 0. The van der Waals surface area contributed by atoms with Crippen molar-refractivity contribution in [3.05, 3.63) is 28.7 Å². The van der Waals surface area contributed by atoms with Crippen molar-refractivity contribution >= 4 is 27.3 Å². The molecule has 0 unspecified atom stereocenters. The van der Waals surface area contributed by atoms with E-state index in [2.05, 4.69) is 20.9 Å². The Labute approximate surface area is 75.3 Å². The van der Waals surface area contributed by atoms with E-state index in [1.54, 1.807) is 0 Å². The van der Waals surface area contributed by atoms with E-state index in [1.165, 1.54) is 0 Å². The lowest BCUT2D eigenvalue weighted by Gasteiger charge is -1.96. The minimum Gasteiger partial charge on any atom is -0.257 e. The maximum atomic E-state index is 4.33. The third-order valence-corrected chi connectivity index (χ3v) is 1.87. The van der Waals surface area contributed by atoms with E-state index in [9.17, 15) is 0 Å². The lowest BCUT2D eigenvalue weighted by molar-refractivity contribution is 1.45. The molecule has 0 amide bonds. The number of para-hydroxylation sites is 1. The molecule has 0 heterocycles. The van der Waals surface area contributed by atoms with E-state index in [1.807, 2.05) is 38.1 Å². The van der Waals surface area contributed by atoms with Crippen LogP contribution in [0.1, 0.15) is 13.8 Å². The summed E-state index contributed by atoms with van der Waals surface area (Å²) >= 11 is 3.42. The van der Waals surface area contributed by atoms with Crippen LogP contribution in [0.25, 0.3) is 0 Å². The van der Waals surface area contributed by atoms with E-state index in [4.69, 9.17) is 0 Å². The van der Waals surface area contributed by atoms with E-state index in [0.29, 0.717) is 0 Å². The first-order valence-corrected chi connectivity index (χ1v) is 4.26. The maximum Gasteiger partial charge on any atom is 0.0770 e. The van der Waals surface area contributed by atoms with E-state index < -0.39 is 0 Å². The van der Waals surface area contributed by atoms with Crippen LogP contribution in [0.3, 0.4) is 0 Å². The van der Waals surface area contributed by atoms with Gasteiger partial charge >= 0.3 is 0 Å². The molecule has 0 N–H and O–H groups in total. The Bertz CT molecular complexity index is 275. The molecule has 0 saturated heterocycles. The topological polar surface area (TPSA) is 12.4 Å². The normalized spacial score (nSPS) is 9.36. The van der Waals surface area contributed by atoms with Crippen LogP contribution in [0.2, 0.25) is 0 Å². The molecule has 0 aliphatic rings. The van der Waals surface area contributed by atoms with Gasteiger partial charge in [0.15, 0.2) is 0 Å². The highest BCUT2D eigenvalue weighted by Gasteiger charge is 1.93. The van der Waals surface area contributed by atoms with Crippen molar-refractivity contribution < 1.29 is 0 Å². The Morgan fingerprint density at radius 3 is 2.45 bits per heavy atom. The standard InChI is InChI=1S/C9H10BrN/c1-7(2)11-9-6-4-3-5-8(9)10/h3-6H,1-2H3. The monoisotopic (exact) mass is 211 g/mol. The first-order chi connectivity index (χ1) is 5.20. The second kappa shape index (κ2) is 3.67. The van der Waals surface area contributed by atoms with Crippen molar-refractivity contribution in [2.45, 2.75) is 13.8 Å². The second-order valence-electron chi connectivity index (χ2n) is 2.51. The molecule has 1 aromatic rings. The molecule has 11 heavy (non-hydrogen) atoms. The molecule has 0 spiro atoms. The maximum absolute atomic E-state index is 4.33. The van der Waals surface area contributed by atoms with Gasteiger partial charge in [0, 0.05) is 10.2 Å². The number of nitrogens with zero attached hydrogens (tertiary/aromatic N) is 1. The third kappa shape index (κ3) is 2.46. The predicted molar refractivity (Wildman–Crippen MR) is 52.6 cm³/mol. The SMILES string of the molecule is CC(C)=Nc1ccccc1Br. The Morgan fingerprint density at radius 1 is 1.27 bits per heavy atom. The average molecular weight is 212 g/mol. The molecule has 0 aliphatic heterocycles. The fourth-order valence-corrected chi connectivity index (χ4v) is 1.16. The Balaban J connectivity index is 3.04. The van der Waals surface area contributed by atoms with Crippen LogP contribution >= 0.6 is 15.9 Å². The minimum absolute atomic E-state index is 0.993. The van der Waals surface area contributed by atoms with Crippen LogP contribution in [0.15, 0.2) is 33.7 Å². The van der Waals surface area contributed by atoms with Crippen LogP contribution in [0.4, 0.5) is 5.69 Å². The Morgan fingerprint density at radius 2 is 1.91 bits per heavy atom. The highest BCUT2D eigenvalue weighted by molar-refractivity contribution is 9.10. The predicted octanol–water partition coefficient (Wildman–Crippen LogP) is 3.56. The van der Waals surface area contributed by atoms with Gasteiger partial charge in [0.05, 0.1) is 5.69 Å². The molecule has 0 bridgehead atoms. The average Bonchev–Trinajstić information content (AvgIpc) is 1.93. The number of rotatable bonds is 1. The van der Waals surface area contributed by atoms with Crippen LogP contribution in [-0.4, -0.2) is 5.71 Å². The molecule has 0 radical (unpaired) electrons. The van der Waals surface area contributed by atoms with Crippen molar-refractivity contribution in [3.63, 3.8) is 0 Å². The van der Waals surface area contributed by atoms with Crippen LogP contribution in [-0.2, 0) is 0 Å². The number of hydrogen-bond acceptors (Lipinski definition) is 1. The minimum atomic E-state index is 0.993. The molecule has 0 fully saturated rings. The largest absolute Gasteiger partial charge is 0.257 e. The van der Waals surface area contributed by atoms with E-state index in [-0.39, 0.29) is 0 Å². The van der Waals surface area contributed by atoms with Gasteiger partial charge in [-0.05, 0) is 41.9 Å². The van der Waals surface area contributed by atoms with Gasteiger partial charge in [0.25, 0.3) is 0 Å². The molecule has 0 aromatic heterocycles. The summed E-state index contributed by atoms with van der Waals surface area (Å²) in [6.07, 6.45) is 0. The Hall–Kier alpha value is -0.630. The van der Waals surface area contributed by atoms with Crippen molar-refractivity contribution in [3.8, 4) is 0 Å². The van der Waals surface area contributed by atoms with Crippen LogP contribution in [0, 0.1) is 0 Å². The quantitative estimate of drug-likeness (QED) is 0.631. The fraction of sp³-hybridized carbons (Fsp3) is 0.222. The highest BCUT2D eigenvalue weighted by atomic mass is 79.9. The van der Waals surface area contributed by atoms with Gasteiger partial charge in [-0.25, -0.2) is 0 Å². The number of aliphatic imine (C=N–C) groups is 1. The molecule has 1 aromatic carbocycles. The smallest absolute Gasteiger partial charge is 0.0770 e. The second-order valence-corrected chi connectivity index (χ2v) is 3.36. The lowest BCUT2D eigenvalue weighted by atomic mass is 10.3. The van der Waals surface area contributed by atoms with E-state index in [0.717, 1.165) is 15.9 Å². The van der Waals surface area contributed by atoms with Gasteiger partial charge in [-0.2, -0.15) is 0 Å². The van der Waals surface area contributed by atoms with Crippen LogP contribution in [0.5, 0.6) is 0 Å². The molecule has 1 rings (SSSR count). The first kappa shape index (κ1) is 8.47. The molecular weight excluding hydrogens is 202 g/mol. The summed E-state index contributed by atoms with van der Waals surface area (Å²) in [4.78, 5) is 4.33. The summed E-state index contributed by atoms with van der Waals surface area (Å²) in [5.41, 5.74) is 2.06. The first-order valence-electron chi connectivity index (χ1n) is 3.46. The van der Waals surface area contributed by atoms with Crippen LogP contribution < -0.4 is 0 Å². The van der Waals surface area contributed by atoms with Gasteiger partial charge in [-0.1, -0.05) is 12.1 Å². The summed E-state index contributed by atoms with van der Waals surface area (Å²) in [7, 11) is 0. The molecule has 1 nitrogen and oxygen atoms in total. The lowest BCUT2D eigenvalue weighted by Crippen LogP contribution is -1.78. The zero-order valence-corrected chi connectivity index (χ0v) is 8.22. The number of halogens is 1. The zero-order valence-electron chi connectivity index (χ0n) is 6.63. The summed E-state index contributed by atoms with van der Waals surface area (Å²) in [5.74, 6) is 0. The summed E-state index contributed by atoms with van der Waals surface area (Å²) < 4.78 is 1.04. The number of hydrogen-bond donors (Lipinski definition) is 0.